The van der Waals surface area contributed by atoms with E-state index in [0.29, 0.717) is 46.6 Å². The Hall–Kier alpha value is -3.77. The molecule has 1 fully saturated rings. The highest BCUT2D eigenvalue weighted by molar-refractivity contribution is 7.21. The van der Waals surface area contributed by atoms with Crippen LogP contribution in [-0.2, 0) is 26.4 Å². The molecule has 44 heavy (non-hydrogen) atoms. The van der Waals surface area contributed by atoms with Gasteiger partial charge in [-0.25, -0.2) is 13.8 Å². The van der Waals surface area contributed by atoms with Crippen molar-refractivity contribution in [1.82, 2.24) is 24.1 Å². The number of thiophene rings is 1. The average Bonchev–Trinajstić information content (AvgIpc) is 3.60. The fraction of sp³-hybridized carbons (Fsp3) is 0.500. The van der Waals surface area contributed by atoms with Gasteiger partial charge < -0.3 is 4.74 Å². The van der Waals surface area contributed by atoms with Crippen molar-refractivity contribution in [2.24, 2.45) is 5.92 Å². The van der Waals surface area contributed by atoms with Crippen molar-refractivity contribution in [2.45, 2.75) is 97.9 Å². The predicted molar refractivity (Wildman–Crippen MR) is 166 cm³/mol. The van der Waals surface area contributed by atoms with E-state index in [0.717, 1.165) is 10.1 Å². The van der Waals surface area contributed by atoms with Gasteiger partial charge in [-0.3, -0.25) is 19.0 Å². The van der Waals surface area contributed by atoms with Crippen molar-refractivity contribution in [1.29, 1.82) is 0 Å². The first kappa shape index (κ1) is 31.6. The molecule has 12 heteroatoms. The SMILES string of the molecule is Cc1ccc(F)cc1[C@H](Cn1c(=O)n(C(C)(C)C(=O)CC(C)C)c(=O)c2c(C)c(-n3nccn3)sc21)OC1CCC(=O)CC1. The molecule has 0 saturated heterocycles. The third-order valence-electron chi connectivity index (χ3n) is 8.41. The maximum Gasteiger partial charge on any atom is 0.333 e. The summed E-state index contributed by atoms with van der Waals surface area (Å²) in [6, 6.07) is 4.44. The Morgan fingerprint density at radius 1 is 1.11 bits per heavy atom. The van der Waals surface area contributed by atoms with E-state index >= 15 is 0 Å². The molecule has 1 aliphatic rings. The first-order chi connectivity index (χ1) is 20.8. The fourth-order valence-corrected chi connectivity index (χ4v) is 7.09. The van der Waals surface area contributed by atoms with Crippen LogP contribution in [0.15, 0.2) is 40.2 Å². The Labute approximate surface area is 258 Å². The minimum atomic E-state index is -1.44. The summed E-state index contributed by atoms with van der Waals surface area (Å²) in [5.41, 5.74) is -0.755. The van der Waals surface area contributed by atoms with Gasteiger partial charge in [0.05, 0.1) is 30.4 Å². The van der Waals surface area contributed by atoms with Crippen LogP contribution in [0.1, 0.15) is 82.6 Å². The smallest absolute Gasteiger partial charge is 0.333 e. The molecule has 234 valence electrons. The number of hydrogen-bond donors (Lipinski definition) is 0. The third kappa shape index (κ3) is 5.97. The van der Waals surface area contributed by atoms with Crippen LogP contribution in [0.2, 0.25) is 0 Å². The van der Waals surface area contributed by atoms with E-state index in [-0.39, 0.29) is 41.9 Å². The van der Waals surface area contributed by atoms with Crippen molar-refractivity contribution in [3.8, 4) is 5.00 Å². The van der Waals surface area contributed by atoms with E-state index < -0.39 is 28.7 Å². The molecule has 0 bridgehead atoms. The molecule has 3 heterocycles. The molecule has 0 N–H and O–H groups in total. The number of halogens is 1. The first-order valence-electron chi connectivity index (χ1n) is 14.9. The van der Waals surface area contributed by atoms with Gasteiger partial charge in [-0.05, 0) is 69.7 Å². The molecule has 1 atom stereocenters. The number of benzene rings is 1. The monoisotopic (exact) mass is 623 g/mol. The Bertz CT molecular complexity index is 1830. The zero-order valence-corrected chi connectivity index (χ0v) is 26.7. The average molecular weight is 624 g/mol. The molecule has 4 aromatic rings. The van der Waals surface area contributed by atoms with Crippen molar-refractivity contribution in [2.75, 3.05) is 0 Å². The van der Waals surface area contributed by atoms with E-state index in [4.69, 9.17) is 4.74 Å². The normalized spacial score (nSPS) is 15.4. The molecular formula is C32H38FN5O5S. The highest BCUT2D eigenvalue weighted by Gasteiger charge is 2.36. The molecule has 3 aromatic heterocycles. The maximum absolute atomic E-state index is 14.6. The molecule has 5 rings (SSSR count). The quantitative estimate of drug-likeness (QED) is 0.239. The van der Waals surface area contributed by atoms with Crippen molar-refractivity contribution in [3.05, 3.63) is 73.9 Å². The summed E-state index contributed by atoms with van der Waals surface area (Å²) >= 11 is 1.19. The van der Waals surface area contributed by atoms with Crippen LogP contribution in [0.4, 0.5) is 4.39 Å². The van der Waals surface area contributed by atoms with Crippen LogP contribution in [0, 0.1) is 25.6 Å². The maximum atomic E-state index is 14.6. The number of carbonyl (C=O) groups excluding carboxylic acids is 2. The molecule has 0 unspecified atom stereocenters. The minimum absolute atomic E-state index is 0.0277. The summed E-state index contributed by atoms with van der Waals surface area (Å²) < 4.78 is 23.7. The molecule has 0 radical (unpaired) electrons. The van der Waals surface area contributed by atoms with E-state index in [1.807, 2.05) is 20.8 Å². The Kier molecular flexibility index (Phi) is 8.86. The van der Waals surface area contributed by atoms with Gasteiger partial charge in [0, 0.05) is 24.8 Å². The van der Waals surface area contributed by atoms with E-state index in [9.17, 15) is 23.6 Å². The highest BCUT2D eigenvalue weighted by Crippen LogP contribution is 2.34. The van der Waals surface area contributed by atoms with E-state index in [2.05, 4.69) is 10.2 Å². The van der Waals surface area contributed by atoms with Gasteiger partial charge in [-0.2, -0.15) is 10.2 Å². The molecule has 10 nitrogen and oxygen atoms in total. The zero-order chi connectivity index (χ0) is 31.9. The number of rotatable bonds is 10. The Morgan fingerprint density at radius 2 is 1.77 bits per heavy atom. The van der Waals surface area contributed by atoms with E-state index in [1.54, 1.807) is 26.8 Å². The second kappa shape index (κ2) is 12.3. The summed E-state index contributed by atoms with van der Waals surface area (Å²) in [5, 5.41) is 9.33. The number of ether oxygens (including phenoxy) is 1. The summed E-state index contributed by atoms with van der Waals surface area (Å²) in [4.78, 5) is 55.9. The minimum Gasteiger partial charge on any atom is -0.368 e. The zero-order valence-electron chi connectivity index (χ0n) is 25.9. The predicted octanol–water partition coefficient (Wildman–Crippen LogP) is 5.18. The van der Waals surface area contributed by atoms with E-state index in [1.165, 1.54) is 45.2 Å². The standard InChI is InChI=1S/C32H38FN5O5S/c1-18(2)15-26(40)32(5,6)37-28(41)27-20(4)29(38-34-13-14-35-38)44-30(27)36(31(37)42)17-25(24-16-21(33)8-7-19(24)3)43-23-11-9-22(39)10-12-23/h7-8,13-14,16,18,23,25H,9-12,15,17H2,1-6H3/t25-/m0/s1. The van der Waals surface area contributed by atoms with Gasteiger partial charge in [0.2, 0.25) is 0 Å². The number of carbonyl (C=O) groups is 2. The van der Waals surface area contributed by atoms with Gasteiger partial charge in [-0.1, -0.05) is 31.3 Å². The molecule has 0 spiro atoms. The lowest BCUT2D eigenvalue weighted by Crippen LogP contribution is -2.53. The van der Waals surface area contributed by atoms with Crippen LogP contribution in [0.3, 0.4) is 0 Å². The summed E-state index contributed by atoms with van der Waals surface area (Å²) in [6.45, 7) is 10.6. The topological polar surface area (TPSA) is 118 Å². The molecular weight excluding hydrogens is 585 g/mol. The summed E-state index contributed by atoms with van der Waals surface area (Å²) in [5.74, 6) is -0.476. The molecule has 0 amide bonds. The molecule has 1 aliphatic carbocycles. The van der Waals surface area contributed by atoms with Gasteiger partial charge in [0.15, 0.2) is 5.78 Å². The highest BCUT2D eigenvalue weighted by atomic mass is 32.1. The number of Topliss-reactive ketones (excluding diaryl/α,β-unsaturated/α-hetero) is 2. The Balaban J connectivity index is 1.75. The summed E-state index contributed by atoms with van der Waals surface area (Å²) in [7, 11) is 0. The molecule has 1 saturated carbocycles. The van der Waals surface area contributed by atoms with Gasteiger partial charge >= 0.3 is 5.69 Å². The second-order valence-electron chi connectivity index (χ2n) is 12.5. The number of nitrogens with zero attached hydrogens (tertiary/aromatic N) is 5. The number of aromatic nitrogens is 5. The lowest BCUT2D eigenvalue weighted by molar-refractivity contribution is -0.127. The van der Waals surface area contributed by atoms with Gasteiger partial charge in [-0.15, -0.1) is 4.80 Å². The van der Waals surface area contributed by atoms with Crippen LogP contribution in [0.25, 0.3) is 15.2 Å². The number of fused-ring (bicyclic) bond motifs is 1. The number of aryl methyl sites for hydroxylation is 2. The largest absolute Gasteiger partial charge is 0.368 e. The summed E-state index contributed by atoms with van der Waals surface area (Å²) in [6.07, 6.45) is 4.03. The Morgan fingerprint density at radius 3 is 2.41 bits per heavy atom. The first-order valence-corrected chi connectivity index (χ1v) is 15.7. The van der Waals surface area contributed by atoms with Crippen LogP contribution < -0.4 is 11.2 Å². The number of ketones is 2. The van der Waals surface area contributed by atoms with Crippen molar-refractivity contribution < 1.29 is 18.7 Å². The fourth-order valence-electron chi connectivity index (χ4n) is 5.87. The van der Waals surface area contributed by atoms with Gasteiger partial charge in [0.1, 0.15) is 33.1 Å². The van der Waals surface area contributed by atoms with Gasteiger partial charge in [0.25, 0.3) is 5.56 Å². The number of hydrogen-bond acceptors (Lipinski definition) is 8. The lowest BCUT2D eigenvalue weighted by Gasteiger charge is -2.30. The second-order valence-corrected chi connectivity index (χ2v) is 13.5. The van der Waals surface area contributed by atoms with Crippen LogP contribution >= 0.6 is 11.3 Å². The van der Waals surface area contributed by atoms with Crippen LogP contribution in [0.5, 0.6) is 0 Å². The third-order valence-corrected chi connectivity index (χ3v) is 9.69. The van der Waals surface area contributed by atoms with Crippen molar-refractivity contribution in [3.63, 3.8) is 0 Å². The molecule has 0 aliphatic heterocycles. The molecule has 1 aromatic carbocycles. The lowest BCUT2D eigenvalue weighted by atomic mass is 9.91. The van der Waals surface area contributed by atoms with Crippen LogP contribution in [-0.4, -0.2) is 41.8 Å². The van der Waals surface area contributed by atoms with Crippen molar-refractivity contribution >= 4 is 33.1 Å².